The molecule has 0 aliphatic rings. The molecule has 2 nitrogen and oxygen atoms in total. The largest absolute Gasteiger partial charge is 0.387 e. The normalized spacial score (nSPS) is 14.0. The van der Waals surface area contributed by atoms with Crippen LogP contribution in [-0.4, -0.2) is 5.84 Å². The Morgan fingerprint density at radius 3 is 2.67 bits per heavy atom. The summed E-state index contributed by atoms with van der Waals surface area (Å²) in [6, 6.07) is 0. The highest BCUT2D eigenvalue weighted by Crippen LogP contribution is 1.95. The number of nitrogens with one attached hydrogen (secondary N) is 1. The lowest BCUT2D eigenvalue weighted by Gasteiger charge is -1.99. The molecule has 0 aliphatic carbocycles. The van der Waals surface area contributed by atoms with Crippen molar-refractivity contribution in [3.63, 3.8) is 0 Å². The molecule has 0 bridgehead atoms. The maximum Gasteiger partial charge on any atom is 0.0972 e. The molecule has 0 aliphatic heterocycles. The topological polar surface area (TPSA) is 49.9 Å². The molecule has 0 radical (unpaired) electrons. The lowest BCUT2D eigenvalue weighted by molar-refractivity contribution is 0.958. The smallest absolute Gasteiger partial charge is 0.0972 e. The average molecular weight is 126 g/mol. The molecule has 0 amide bonds. The maximum absolute atomic E-state index is 7.01. The van der Waals surface area contributed by atoms with Crippen molar-refractivity contribution in [1.82, 2.24) is 0 Å². The van der Waals surface area contributed by atoms with E-state index in [1.807, 2.05) is 19.1 Å². The fraction of sp³-hybridized carbons (Fsp3) is 0.571. The summed E-state index contributed by atoms with van der Waals surface area (Å²) in [5.74, 6) is 0.338. The van der Waals surface area contributed by atoms with E-state index in [0.29, 0.717) is 0 Å². The molecule has 0 rings (SSSR count). The Morgan fingerprint density at radius 1 is 1.78 bits per heavy atom. The summed E-state index contributed by atoms with van der Waals surface area (Å²) in [6.07, 6.45) is 4.98. The van der Waals surface area contributed by atoms with Gasteiger partial charge in [0, 0.05) is 5.92 Å². The Kier molecular flexibility index (Phi) is 3.76. The van der Waals surface area contributed by atoms with Gasteiger partial charge in [0.05, 0.1) is 5.84 Å². The molecule has 52 valence electrons. The summed E-state index contributed by atoms with van der Waals surface area (Å²) in [4.78, 5) is 0. The second-order valence-corrected chi connectivity index (χ2v) is 2.08. The third-order valence-corrected chi connectivity index (χ3v) is 1.15. The van der Waals surface area contributed by atoms with Crippen LogP contribution in [0.15, 0.2) is 12.2 Å². The fourth-order valence-corrected chi connectivity index (χ4v) is 0.444. The molecule has 0 saturated heterocycles. The highest BCUT2D eigenvalue weighted by molar-refractivity contribution is 5.80. The van der Waals surface area contributed by atoms with Gasteiger partial charge >= 0.3 is 0 Å². The van der Waals surface area contributed by atoms with Crippen LogP contribution in [0.5, 0.6) is 0 Å². The Bertz CT molecular complexity index is 116. The highest BCUT2D eigenvalue weighted by atomic mass is 14.7. The van der Waals surface area contributed by atoms with E-state index in [1.54, 1.807) is 0 Å². The number of allylic oxidation sites excluding steroid dienone is 1. The molecule has 1 unspecified atom stereocenters. The SMILES string of the molecule is CC/C=C\C(C)C(=N)N. The Hall–Kier alpha value is -0.790. The fourth-order valence-electron chi connectivity index (χ4n) is 0.444. The first-order chi connectivity index (χ1) is 4.18. The van der Waals surface area contributed by atoms with Crippen LogP contribution >= 0.6 is 0 Å². The second kappa shape index (κ2) is 4.13. The molecular formula is C7H14N2. The van der Waals surface area contributed by atoms with Crippen LogP contribution < -0.4 is 5.73 Å². The minimum Gasteiger partial charge on any atom is -0.387 e. The van der Waals surface area contributed by atoms with Crippen molar-refractivity contribution in [1.29, 1.82) is 5.41 Å². The zero-order valence-corrected chi connectivity index (χ0v) is 6.02. The molecule has 0 saturated carbocycles. The van der Waals surface area contributed by atoms with Gasteiger partial charge in [0.1, 0.15) is 0 Å². The van der Waals surface area contributed by atoms with E-state index in [0.717, 1.165) is 6.42 Å². The van der Waals surface area contributed by atoms with Gasteiger partial charge in [-0.2, -0.15) is 0 Å². The van der Waals surface area contributed by atoms with Crippen molar-refractivity contribution in [2.24, 2.45) is 11.7 Å². The summed E-state index contributed by atoms with van der Waals surface area (Å²) in [7, 11) is 0. The van der Waals surface area contributed by atoms with Crippen LogP contribution in [0.4, 0.5) is 0 Å². The molecule has 0 spiro atoms. The summed E-state index contributed by atoms with van der Waals surface area (Å²) in [5.41, 5.74) is 5.21. The van der Waals surface area contributed by atoms with Crippen molar-refractivity contribution in [3.8, 4) is 0 Å². The summed E-state index contributed by atoms with van der Waals surface area (Å²) >= 11 is 0. The Labute approximate surface area is 56.3 Å². The van der Waals surface area contributed by atoms with E-state index < -0.39 is 0 Å². The first-order valence-corrected chi connectivity index (χ1v) is 3.19. The van der Waals surface area contributed by atoms with Gasteiger partial charge in [0.2, 0.25) is 0 Å². The van der Waals surface area contributed by atoms with E-state index in [4.69, 9.17) is 11.1 Å². The van der Waals surface area contributed by atoms with Gasteiger partial charge in [-0.15, -0.1) is 0 Å². The Morgan fingerprint density at radius 2 is 2.33 bits per heavy atom. The standard InChI is InChI=1S/C7H14N2/c1-3-4-5-6(2)7(8)9/h4-6H,3H2,1-2H3,(H3,8,9)/b5-4-. The first kappa shape index (κ1) is 8.21. The molecule has 0 heterocycles. The van der Waals surface area contributed by atoms with Gasteiger partial charge in [-0.1, -0.05) is 26.0 Å². The summed E-state index contributed by atoms with van der Waals surface area (Å²) in [5, 5.41) is 7.01. The molecule has 1 atom stereocenters. The van der Waals surface area contributed by atoms with Crippen LogP contribution in [0.25, 0.3) is 0 Å². The summed E-state index contributed by atoms with van der Waals surface area (Å²) < 4.78 is 0. The lowest BCUT2D eigenvalue weighted by atomic mass is 10.1. The lowest BCUT2D eigenvalue weighted by Crippen LogP contribution is -2.17. The maximum atomic E-state index is 7.01. The van der Waals surface area contributed by atoms with Gasteiger partial charge in [0.25, 0.3) is 0 Å². The number of amidine groups is 1. The predicted octanol–water partition coefficient (Wildman–Crippen LogP) is 1.52. The third kappa shape index (κ3) is 3.76. The minimum atomic E-state index is 0.102. The quantitative estimate of drug-likeness (QED) is 0.336. The van der Waals surface area contributed by atoms with Gasteiger partial charge in [-0.25, -0.2) is 0 Å². The molecule has 0 aromatic carbocycles. The molecule has 9 heavy (non-hydrogen) atoms. The number of hydrogen-bond acceptors (Lipinski definition) is 1. The molecular weight excluding hydrogens is 112 g/mol. The van der Waals surface area contributed by atoms with Crippen LogP contribution in [0.1, 0.15) is 20.3 Å². The molecule has 3 N–H and O–H groups in total. The zero-order chi connectivity index (χ0) is 7.28. The van der Waals surface area contributed by atoms with E-state index in [-0.39, 0.29) is 11.8 Å². The zero-order valence-electron chi connectivity index (χ0n) is 6.02. The highest BCUT2D eigenvalue weighted by Gasteiger charge is 1.96. The third-order valence-electron chi connectivity index (χ3n) is 1.15. The van der Waals surface area contributed by atoms with Crippen molar-refractivity contribution < 1.29 is 0 Å². The second-order valence-electron chi connectivity index (χ2n) is 2.08. The predicted molar refractivity (Wildman–Crippen MR) is 40.5 cm³/mol. The van der Waals surface area contributed by atoms with E-state index in [9.17, 15) is 0 Å². The minimum absolute atomic E-state index is 0.102. The molecule has 2 heteroatoms. The van der Waals surface area contributed by atoms with Gasteiger partial charge in [-0.05, 0) is 6.42 Å². The van der Waals surface area contributed by atoms with Gasteiger partial charge in [0.15, 0.2) is 0 Å². The van der Waals surface area contributed by atoms with E-state index in [1.165, 1.54) is 0 Å². The van der Waals surface area contributed by atoms with Crippen molar-refractivity contribution in [3.05, 3.63) is 12.2 Å². The molecule has 0 fully saturated rings. The van der Waals surface area contributed by atoms with Crippen LogP contribution in [-0.2, 0) is 0 Å². The van der Waals surface area contributed by atoms with E-state index >= 15 is 0 Å². The molecule has 0 aromatic rings. The number of hydrogen-bond donors (Lipinski definition) is 2. The monoisotopic (exact) mass is 126 g/mol. The van der Waals surface area contributed by atoms with Gasteiger partial charge < -0.3 is 5.73 Å². The average Bonchev–Trinajstić information content (AvgIpc) is 1.82. The van der Waals surface area contributed by atoms with Crippen molar-refractivity contribution >= 4 is 5.84 Å². The van der Waals surface area contributed by atoms with Crippen molar-refractivity contribution in [2.45, 2.75) is 20.3 Å². The van der Waals surface area contributed by atoms with E-state index in [2.05, 4.69) is 6.92 Å². The first-order valence-electron chi connectivity index (χ1n) is 3.19. The Balaban J connectivity index is 3.62. The van der Waals surface area contributed by atoms with Crippen LogP contribution in [0.3, 0.4) is 0 Å². The van der Waals surface area contributed by atoms with Crippen LogP contribution in [0, 0.1) is 11.3 Å². The summed E-state index contributed by atoms with van der Waals surface area (Å²) in [6.45, 7) is 3.97. The van der Waals surface area contributed by atoms with Crippen molar-refractivity contribution in [2.75, 3.05) is 0 Å². The van der Waals surface area contributed by atoms with Gasteiger partial charge in [-0.3, -0.25) is 5.41 Å². The number of rotatable bonds is 3. The number of nitrogens with two attached hydrogens (primary N) is 1. The molecule has 0 aromatic heterocycles. The van der Waals surface area contributed by atoms with Crippen LogP contribution in [0.2, 0.25) is 0 Å².